The van der Waals surface area contributed by atoms with Gasteiger partial charge in [-0.25, -0.2) is 9.36 Å². The standard InChI is InChI=1S/C25H26N4O4/c1-3-28-14-13-16-15-9-5-6-10-17(15)26-21(16)22(28)20-23(30)27-25(32)29(24(20)31)18-11-7-8-12-19(18)33-4-2/h5-12,22,26,31H,3-4,13-14H2,1-2H3,(H,27,30,32)/t22-/m0/s1. The summed E-state index contributed by atoms with van der Waals surface area (Å²) < 4.78 is 6.79. The van der Waals surface area contributed by atoms with Gasteiger partial charge in [0.25, 0.3) is 5.56 Å². The number of aromatic hydroxyl groups is 1. The zero-order valence-electron chi connectivity index (χ0n) is 18.6. The van der Waals surface area contributed by atoms with E-state index in [0.29, 0.717) is 24.6 Å². The van der Waals surface area contributed by atoms with Crippen LogP contribution < -0.4 is 16.0 Å². The molecule has 8 nitrogen and oxygen atoms in total. The monoisotopic (exact) mass is 446 g/mol. The Kier molecular flexibility index (Phi) is 5.30. The molecule has 170 valence electrons. The molecule has 0 amide bonds. The Labute approximate surface area is 190 Å². The Morgan fingerprint density at radius 3 is 2.61 bits per heavy atom. The quantitative estimate of drug-likeness (QED) is 0.437. The second kappa shape index (κ2) is 8.29. The van der Waals surface area contributed by atoms with E-state index in [9.17, 15) is 14.7 Å². The van der Waals surface area contributed by atoms with Crippen LogP contribution >= 0.6 is 0 Å². The molecule has 1 aliphatic rings. The third-order valence-corrected chi connectivity index (χ3v) is 6.34. The smallest absolute Gasteiger partial charge is 0.335 e. The van der Waals surface area contributed by atoms with Crippen LogP contribution in [-0.2, 0) is 6.42 Å². The lowest BCUT2D eigenvalue weighted by molar-refractivity contribution is 0.215. The molecule has 0 saturated carbocycles. The minimum absolute atomic E-state index is 0.134. The van der Waals surface area contributed by atoms with Gasteiger partial charge < -0.3 is 14.8 Å². The highest BCUT2D eigenvalue weighted by molar-refractivity contribution is 5.85. The molecule has 3 N–H and O–H groups in total. The van der Waals surface area contributed by atoms with E-state index in [1.54, 1.807) is 24.3 Å². The Morgan fingerprint density at radius 1 is 1.06 bits per heavy atom. The number of likely N-dealkylation sites (N-methyl/N-ethyl adjacent to an activating group) is 1. The fraction of sp³-hybridized carbons (Fsp3) is 0.280. The van der Waals surface area contributed by atoms with Crippen LogP contribution in [0.3, 0.4) is 0 Å². The van der Waals surface area contributed by atoms with Crippen LogP contribution in [0.15, 0.2) is 58.1 Å². The molecule has 0 bridgehead atoms. The van der Waals surface area contributed by atoms with Crippen LogP contribution in [0.5, 0.6) is 11.6 Å². The third kappa shape index (κ3) is 3.34. The van der Waals surface area contributed by atoms with Gasteiger partial charge in [0.15, 0.2) is 0 Å². The van der Waals surface area contributed by atoms with Crippen molar-refractivity contribution in [3.8, 4) is 17.3 Å². The molecular formula is C25H26N4O4. The first-order valence-electron chi connectivity index (χ1n) is 11.2. The van der Waals surface area contributed by atoms with Crippen LogP contribution in [0.25, 0.3) is 16.6 Å². The van der Waals surface area contributed by atoms with Crippen LogP contribution in [-0.4, -0.2) is 44.2 Å². The van der Waals surface area contributed by atoms with E-state index in [1.807, 2.05) is 32.0 Å². The average molecular weight is 447 g/mol. The van der Waals surface area contributed by atoms with Gasteiger partial charge in [0, 0.05) is 23.1 Å². The maximum atomic E-state index is 13.1. The molecule has 4 aromatic rings. The SMILES string of the molecule is CCOc1ccccc1-n1c(O)c([C@H]2c3[nH]c4ccccc4c3CCN2CC)c(=O)[nH]c1=O. The first-order chi connectivity index (χ1) is 16.0. The molecule has 0 unspecified atom stereocenters. The molecule has 1 aliphatic heterocycles. The van der Waals surface area contributed by atoms with E-state index in [2.05, 4.69) is 20.9 Å². The topological polar surface area (TPSA) is 103 Å². The molecule has 0 aliphatic carbocycles. The summed E-state index contributed by atoms with van der Waals surface area (Å²) in [6.07, 6.45) is 0.829. The number of fused-ring (bicyclic) bond motifs is 3. The van der Waals surface area contributed by atoms with Gasteiger partial charge in [-0.15, -0.1) is 0 Å². The van der Waals surface area contributed by atoms with Crippen molar-refractivity contribution in [3.63, 3.8) is 0 Å². The maximum Gasteiger partial charge on any atom is 0.335 e. The predicted molar refractivity (Wildman–Crippen MR) is 127 cm³/mol. The van der Waals surface area contributed by atoms with E-state index in [0.717, 1.165) is 39.7 Å². The number of hydrogen-bond donors (Lipinski definition) is 3. The highest BCUT2D eigenvalue weighted by atomic mass is 16.5. The van der Waals surface area contributed by atoms with Gasteiger partial charge in [0.2, 0.25) is 5.88 Å². The molecule has 0 radical (unpaired) electrons. The Hall–Kier alpha value is -3.78. The summed E-state index contributed by atoms with van der Waals surface area (Å²) in [5.41, 5.74) is 2.17. The van der Waals surface area contributed by atoms with E-state index in [-0.39, 0.29) is 11.4 Å². The number of para-hydroxylation sites is 3. The van der Waals surface area contributed by atoms with Crippen LogP contribution in [0.2, 0.25) is 0 Å². The van der Waals surface area contributed by atoms with Crippen molar-refractivity contribution in [2.24, 2.45) is 0 Å². The van der Waals surface area contributed by atoms with Crippen LogP contribution in [0.1, 0.15) is 36.7 Å². The Morgan fingerprint density at radius 2 is 1.82 bits per heavy atom. The molecule has 3 heterocycles. The zero-order valence-corrected chi connectivity index (χ0v) is 18.6. The summed E-state index contributed by atoms with van der Waals surface area (Å²) in [6.45, 7) is 5.66. The maximum absolute atomic E-state index is 13.1. The van der Waals surface area contributed by atoms with Gasteiger partial charge in [-0.1, -0.05) is 37.3 Å². The molecule has 0 fully saturated rings. The van der Waals surface area contributed by atoms with Gasteiger partial charge in [-0.2, -0.15) is 0 Å². The molecule has 1 atom stereocenters. The van der Waals surface area contributed by atoms with Crippen molar-refractivity contribution in [1.29, 1.82) is 0 Å². The first kappa shape index (κ1) is 21.1. The van der Waals surface area contributed by atoms with Gasteiger partial charge >= 0.3 is 5.69 Å². The molecule has 2 aromatic carbocycles. The highest BCUT2D eigenvalue weighted by Gasteiger charge is 2.36. The number of rotatable bonds is 5. The van der Waals surface area contributed by atoms with Crippen molar-refractivity contribution in [2.75, 3.05) is 19.7 Å². The molecule has 2 aromatic heterocycles. The summed E-state index contributed by atoms with van der Waals surface area (Å²) in [4.78, 5) is 34.0. The fourth-order valence-electron chi connectivity index (χ4n) is 4.89. The van der Waals surface area contributed by atoms with Crippen molar-refractivity contribution >= 4 is 10.9 Å². The molecule has 8 heteroatoms. The summed E-state index contributed by atoms with van der Waals surface area (Å²) in [6, 6.07) is 14.4. The van der Waals surface area contributed by atoms with Crippen molar-refractivity contribution in [1.82, 2.24) is 19.4 Å². The first-order valence-corrected chi connectivity index (χ1v) is 11.2. The molecule has 0 spiro atoms. The molecular weight excluding hydrogens is 420 g/mol. The van der Waals surface area contributed by atoms with Gasteiger partial charge in [0.1, 0.15) is 11.3 Å². The number of benzene rings is 2. The number of H-pyrrole nitrogens is 2. The van der Waals surface area contributed by atoms with E-state index < -0.39 is 17.3 Å². The average Bonchev–Trinajstić information content (AvgIpc) is 3.19. The largest absolute Gasteiger partial charge is 0.494 e. The third-order valence-electron chi connectivity index (χ3n) is 6.34. The number of nitrogens with one attached hydrogen (secondary N) is 2. The predicted octanol–water partition coefficient (Wildman–Crippen LogP) is 3.08. The number of hydrogen-bond acceptors (Lipinski definition) is 5. The van der Waals surface area contributed by atoms with E-state index >= 15 is 0 Å². The van der Waals surface area contributed by atoms with Gasteiger partial charge in [-0.3, -0.25) is 14.7 Å². The van der Waals surface area contributed by atoms with E-state index in [1.165, 1.54) is 0 Å². The molecule has 0 saturated heterocycles. The number of nitrogens with zero attached hydrogens (tertiary/aromatic N) is 2. The second-order valence-electron chi connectivity index (χ2n) is 8.08. The summed E-state index contributed by atoms with van der Waals surface area (Å²) in [5, 5.41) is 12.5. The number of aromatic nitrogens is 3. The summed E-state index contributed by atoms with van der Waals surface area (Å²) in [7, 11) is 0. The van der Waals surface area contributed by atoms with Gasteiger partial charge in [0.05, 0.1) is 18.3 Å². The summed E-state index contributed by atoms with van der Waals surface area (Å²) in [5.74, 6) is 0.0588. The minimum Gasteiger partial charge on any atom is -0.494 e. The van der Waals surface area contributed by atoms with Crippen molar-refractivity contribution < 1.29 is 9.84 Å². The lowest BCUT2D eigenvalue weighted by atomic mass is 9.93. The van der Waals surface area contributed by atoms with Gasteiger partial charge in [-0.05, 0) is 43.7 Å². The highest BCUT2D eigenvalue weighted by Crippen LogP contribution is 2.40. The second-order valence-corrected chi connectivity index (χ2v) is 8.08. The molecule has 5 rings (SSSR count). The molecule has 33 heavy (non-hydrogen) atoms. The summed E-state index contributed by atoms with van der Waals surface area (Å²) >= 11 is 0. The van der Waals surface area contributed by atoms with Crippen molar-refractivity contribution in [2.45, 2.75) is 26.3 Å². The minimum atomic E-state index is -0.718. The lowest BCUT2D eigenvalue weighted by Crippen LogP contribution is -2.41. The fourth-order valence-corrected chi connectivity index (χ4v) is 4.89. The van der Waals surface area contributed by atoms with Crippen LogP contribution in [0, 0.1) is 0 Å². The van der Waals surface area contributed by atoms with Crippen molar-refractivity contribution in [3.05, 3.63) is 86.2 Å². The Balaban J connectivity index is 1.78. The zero-order chi connectivity index (χ0) is 23.1. The number of aromatic amines is 2. The van der Waals surface area contributed by atoms with E-state index in [4.69, 9.17) is 4.74 Å². The van der Waals surface area contributed by atoms with Crippen LogP contribution in [0.4, 0.5) is 0 Å². The Bertz CT molecular complexity index is 1450. The normalized spacial score (nSPS) is 16.1. The lowest BCUT2D eigenvalue weighted by Gasteiger charge is -2.35. The number of ether oxygens (including phenoxy) is 1.